The zero-order valence-electron chi connectivity index (χ0n) is 17.6. The summed E-state index contributed by atoms with van der Waals surface area (Å²) in [6.07, 6.45) is 0.140. The number of carboxylic acid groups (broad SMARTS) is 1. The van der Waals surface area contributed by atoms with Gasteiger partial charge in [0.2, 0.25) is 11.7 Å². The fourth-order valence-electron chi connectivity index (χ4n) is 2.32. The summed E-state index contributed by atoms with van der Waals surface area (Å²) >= 11 is 0.985. The molecule has 2 rings (SSSR count). The Morgan fingerprint density at radius 1 is 1.23 bits per heavy atom. The summed E-state index contributed by atoms with van der Waals surface area (Å²) in [5, 5.41) is 18.5. The lowest BCUT2D eigenvalue weighted by Crippen LogP contribution is -2.26. The molecule has 0 spiro atoms. The number of rotatable bonds is 7. The van der Waals surface area contributed by atoms with Gasteiger partial charge in [0.15, 0.2) is 16.7 Å². The van der Waals surface area contributed by atoms with Crippen molar-refractivity contribution in [2.24, 2.45) is 10.2 Å². The second-order valence-corrected chi connectivity index (χ2v) is 8.36. The smallest absolute Gasteiger partial charge is 0.493 e. The Hall–Kier alpha value is -3.28. The zero-order valence-corrected chi connectivity index (χ0v) is 18.4. The van der Waals surface area contributed by atoms with Gasteiger partial charge in [0.25, 0.3) is 0 Å². The highest BCUT2D eigenvalue weighted by atomic mass is 32.2. The number of carbonyl (C=O) groups excluding carboxylic acids is 2. The summed E-state index contributed by atoms with van der Waals surface area (Å²) in [7, 11) is 2.79. The summed E-state index contributed by atoms with van der Waals surface area (Å²) in [5.41, 5.74) is -0.230. The number of nitrogens with one attached hydrogen (secondary N) is 1. The molecule has 1 unspecified atom stereocenters. The van der Waals surface area contributed by atoms with Crippen molar-refractivity contribution in [1.82, 2.24) is 5.32 Å². The van der Waals surface area contributed by atoms with E-state index in [0.717, 1.165) is 11.8 Å². The number of carboxylic acids is 1. The molecule has 1 aromatic carbocycles. The highest BCUT2D eigenvalue weighted by Crippen LogP contribution is 2.38. The lowest BCUT2D eigenvalue weighted by molar-refractivity contribution is -0.138. The van der Waals surface area contributed by atoms with E-state index in [1.807, 2.05) is 0 Å². The molecule has 1 aromatic rings. The third kappa shape index (κ3) is 7.17. The van der Waals surface area contributed by atoms with Crippen molar-refractivity contribution in [3.8, 4) is 17.2 Å². The topological polar surface area (TPSA) is 145 Å². The second kappa shape index (κ2) is 10.2. The van der Waals surface area contributed by atoms with E-state index < -0.39 is 28.9 Å². The van der Waals surface area contributed by atoms with Crippen LogP contribution >= 0.6 is 11.8 Å². The molecule has 2 N–H and O–H groups in total. The van der Waals surface area contributed by atoms with Gasteiger partial charge in [0.1, 0.15) is 10.9 Å². The van der Waals surface area contributed by atoms with Crippen LogP contribution in [0.15, 0.2) is 22.3 Å². The third-order valence-corrected chi connectivity index (χ3v) is 4.62. The normalized spacial score (nSPS) is 17.5. The van der Waals surface area contributed by atoms with E-state index in [2.05, 4.69) is 15.5 Å². The fraction of sp³-hybridized carbons (Fsp3) is 0.421. The average Bonchev–Trinajstić information content (AvgIpc) is 2.99. The van der Waals surface area contributed by atoms with Crippen molar-refractivity contribution in [2.75, 3.05) is 14.2 Å². The number of ether oxygens (including phenoxy) is 4. The van der Waals surface area contributed by atoms with E-state index in [9.17, 15) is 14.4 Å². The van der Waals surface area contributed by atoms with Crippen molar-refractivity contribution in [3.05, 3.63) is 17.7 Å². The van der Waals surface area contributed by atoms with Crippen LogP contribution in [-0.2, 0) is 14.3 Å². The predicted molar refractivity (Wildman–Crippen MR) is 113 cm³/mol. The number of thioether (sulfide) groups is 1. The van der Waals surface area contributed by atoms with E-state index in [1.165, 1.54) is 20.4 Å². The maximum Gasteiger partial charge on any atom is 0.514 e. The van der Waals surface area contributed by atoms with Crippen molar-refractivity contribution in [1.29, 1.82) is 0 Å². The molecule has 1 fully saturated rings. The van der Waals surface area contributed by atoms with Gasteiger partial charge in [0.05, 0.1) is 26.9 Å². The van der Waals surface area contributed by atoms with E-state index in [-0.39, 0.29) is 28.8 Å². The minimum atomic E-state index is -1.08. The van der Waals surface area contributed by atoms with Crippen LogP contribution in [0.2, 0.25) is 0 Å². The van der Waals surface area contributed by atoms with Crippen molar-refractivity contribution in [3.63, 3.8) is 0 Å². The van der Waals surface area contributed by atoms with E-state index in [1.54, 1.807) is 32.9 Å². The van der Waals surface area contributed by atoms with Crippen molar-refractivity contribution < 1.29 is 38.4 Å². The minimum Gasteiger partial charge on any atom is -0.493 e. The van der Waals surface area contributed by atoms with Gasteiger partial charge in [0, 0.05) is 5.56 Å². The van der Waals surface area contributed by atoms with Crippen LogP contribution in [0, 0.1) is 0 Å². The number of methoxy groups -OCH3 is 2. The summed E-state index contributed by atoms with van der Waals surface area (Å²) in [5.74, 6) is -1.08. The molecule has 31 heavy (non-hydrogen) atoms. The molecule has 0 saturated carbocycles. The summed E-state index contributed by atoms with van der Waals surface area (Å²) in [6, 6.07) is 3.08. The lowest BCUT2D eigenvalue weighted by atomic mass is 10.2. The largest absolute Gasteiger partial charge is 0.514 e. The van der Waals surface area contributed by atoms with Gasteiger partial charge in [-0.2, -0.15) is 5.10 Å². The molecule has 0 radical (unpaired) electrons. The van der Waals surface area contributed by atoms with Crippen molar-refractivity contribution >= 4 is 41.2 Å². The lowest BCUT2D eigenvalue weighted by Gasteiger charge is -2.20. The molecule has 11 nitrogen and oxygen atoms in total. The average molecular weight is 453 g/mol. The van der Waals surface area contributed by atoms with Crippen LogP contribution in [0.1, 0.15) is 32.8 Å². The number of amides is 1. The van der Waals surface area contributed by atoms with Crippen LogP contribution in [0.4, 0.5) is 4.79 Å². The molecule has 12 heteroatoms. The Bertz CT molecular complexity index is 898. The number of hydrogen-bond donors (Lipinski definition) is 2. The predicted octanol–water partition coefficient (Wildman–Crippen LogP) is 2.41. The van der Waals surface area contributed by atoms with E-state index in [0.29, 0.717) is 5.56 Å². The molecule has 168 valence electrons. The molecule has 1 heterocycles. The van der Waals surface area contributed by atoms with Gasteiger partial charge in [-0.1, -0.05) is 11.8 Å². The first-order valence-electron chi connectivity index (χ1n) is 8.99. The second-order valence-electron chi connectivity index (χ2n) is 7.16. The first-order chi connectivity index (χ1) is 14.5. The van der Waals surface area contributed by atoms with Gasteiger partial charge in [-0.15, -0.1) is 5.10 Å². The van der Waals surface area contributed by atoms with Crippen LogP contribution in [0.5, 0.6) is 17.2 Å². The minimum absolute atomic E-state index is 0.0397. The number of benzene rings is 1. The van der Waals surface area contributed by atoms with Gasteiger partial charge in [-0.05, 0) is 32.9 Å². The number of amidine groups is 1. The van der Waals surface area contributed by atoms with Crippen LogP contribution in [-0.4, -0.2) is 59.6 Å². The number of hydrogen-bond acceptors (Lipinski definition) is 10. The van der Waals surface area contributed by atoms with E-state index in [4.69, 9.17) is 24.1 Å². The molecular weight excluding hydrogens is 430 g/mol. The standard InChI is InChI=1S/C19H23N3O8S/c1-19(2,3)30-18(26)29-15-11(27-4)6-10(7-12(15)28-5)9-20-22-17-21-16(25)13(31-17)8-14(23)24/h6-7,9,13H,8H2,1-5H3,(H,23,24)(H,21,22,25). The fourth-order valence-corrected chi connectivity index (χ4v) is 3.24. The Labute approximate surface area is 182 Å². The van der Waals surface area contributed by atoms with E-state index >= 15 is 0 Å². The first-order valence-corrected chi connectivity index (χ1v) is 9.87. The highest BCUT2D eigenvalue weighted by molar-refractivity contribution is 8.15. The molecule has 1 aliphatic rings. The Kier molecular flexibility index (Phi) is 7.86. The van der Waals surface area contributed by atoms with Crippen LogP contribution in [0.25, 0.3) is 0 Å². The summed E-state index contributed by atoms with van der Waals surface area (Å²) in [4.78, 5) is 34.5. The van der Waals surface area contributed by atoms with Gasteiger partial charge in [-0.25, -0.2) is 4.79 Å². The number of nitrogens with zero attached hydrogens (tertiary/aromatic N) is 2. The Morgan fingerprint density at radius 2 is 1.84 bits per heavy atom. The van der Waals surface area contributed by atoms with Gasteiger partial charge < -0.3 is 29.4 Å². The number of aliphatic carboxylic acids is 1. The molecular formula is C19H23N3O8S. The maximum absolute atomic E-state index is 12.0. The quantitative estimate of drug-likeness (QED) is 0.275. The first kappa shape index (κ1) is 24.0. The molecule has 1 atom stereocenters. The Morgan fingerprint density at radius 3 is 2.35 bits per heavy atom. The highest BCUT2D eigenvalue weighted by Gasteiger charge is 2.32. The molecule has 1 aliphatic heterocycles. The Balaban J connectivity index is 2.18. The van der Waals surface area contributed by atoms with Crippen LogP contribution < -0.4 is 19.5 Å². The third-order valence-electron chi connectivity index (χ3n) is 3.55. The molecule has 0 aliphatic carbocycles. The maximum atomic E-state index is 12.0. The summed E-state index contributed by atoms with van der Waals surface area (Å²) in [6.45, 7) is 5.12. The van der Waals surface area contributed by atoms with Crippen LogP contribution in [0.3, 0.4) is 0 Å². The molecule has 0 bridgehead atoms. The molecule has 1 saturated heterocycles. The monoisotopic (exact) mass is 453 g/mol. The van der Waals surface area contributed by atoms with Crippen molar-refractivity contribution in [2.45, 2.75) is 38.0 Å². The van der Waals surface area contributed by atoms with Gasteiger partial charge in [-0.3, -0.25) is 9.59 Å². The molecule has 1 amide bonds. The van der Waals surface area contributed by atoms with Gasteiger partial charge >= 0.3 is 12.1 Å². The number of carbonyl (C=O) groups is 3. The summed E-state index contributed by atoms with van der Waals surface area (Å²) < 4.78 is 20.9. The SMILES string of the molecule is COc1cc(C=NN=C2NC(=O)C(CC(=O)O)S2)cc(OC)c1OC(=O)OC(C)(C)C. The zero-order chi connectivity index (χ0) is 23.2. The molecule has 0 aromatic heterocycles.